The Morgan fingerprint density at radius 1 is 1.50 bits per heavy atom. The van der Waals surface area contributed by atoms with E-state index in [4.69, 9.17) is 0 Å². The third-order valence-corrected chi connectivity index (χ3v) is 2.78. The van der Waals surface area contributed by atoms with Gasteiger partial charge in [0.05, 0.1) is 5.70 Å². The van der Waals surface area contributed by atoms with Gasteiger partial charge in [0.2, 0.25) is 0 Å². The van der Waals surface area contributed by atoms with Crippen LogP contribution < -0.4 is 10.6 Å². The molecule has 0 saturated carbocycles. The molecule has 1 saturated heterocycles. The van der Waals surface area contributed by atoms with Gasteiger partial charge in [-0.1, -0.05) is 18.9 Å². The van der Waals surface area contributed by atoms with Gasteiger partial charge in [0.1, 0.15) is 0 Å². The quantitative estimate of drug-likeness (QED) is 0.666. The van der Waals surface area contributed by atoms with Crippen LogP contribution in [0.5, 0.6) is 0 Å². The van der Waals surface area contributed by atoms with Gasteiger partial charge >= 0.3 is 0 Å². The molecule has 2 aliphatic rings. The highest BCUT2D eigenvalue weighted by molar-refractivity contribution is 5.40. The summed E-state index contributed by atoms with van der Waals surface area (Å²) in [5, 5.41) is 6.45. The Morgan fingerprint density at radius 3 is 2.81 bits per heavy atom. The van der Waals surface area contributed by atoms with Crippen LogP contribution in [0.2, 0.25) is 0 Å². The highest BCUT2D eigenvalue weighted by Gasteiger charge is 2.10. The van der Waals surface area contributed by atoms with Gasteiger partial charge in [0.25, 0.3) is 0 Å². The van der Waals surface area contributed by atoms with E-state index in [1.807, 2.05) is 6.20 Å². The predicted octanol–water partition coefficient (Wildman–Crippen LogP) is 0.676. The lowest BCUT2D eigenvalue weighted by atomic mass is 10.2. The van der Waals surface area contributed by atoms with Gasteiger partial charge in [-0.15, -0.1) is 0 Å². The Labute approximate surface area is 97.6 Å². The summed E-state index contributed by atoms with van der Waals surface area (Å²) in [6.07, 6.45) is 5.25. The fourth-order valence-electron chi connectivity index (χ4n) is 1.79. The number of nitrogens with one attached hydrogen (secondary N) is 2. The Kier molecular flexibility index (Phi) is 3.90. The molecule has 0 radical (unpaired) electrons. The van der Waals surface area contributed by atoms with Crippen molar-refractivity contribution >= 4 is 0 Å². The zero-order valence-electron chi connectivity index (χ0n) is 9.84. The molecule has 2 N–H and O–H groups in total. The van der Waals surface area contributed by atoms with Crippen LogP contribution in [0.25, 0.3) is 0 Å². The molecule has 0 atom stereocenters. The average Bonchev–Trinajstić information content (AvgIpc) is 2.27. The van der Waals surface area contributed by atoms with Crippen molar-refractivity contribution in [3.05, 3.63) is 23.5 Å². The largest absolute Gasteiger partial charge is 0.385 e. The summed E-state index contributed by atoms with van der Waals surface area (Å²) < 4.78 is 0. The molecule has 0 spiro atoms. The van der Waals surface area contributed by atoms with Gasteiger partial charge in [0, 0.05) is 44.5 Å². The minimum atomic E-state index is 0.925. The summed E-state index contributed by atoms with van der Waals surface area (Å²) in [6.45, 7) is 7.34. The first-order valence-corrected chi connectivity index (χ1v) is 6.00. The molecule has 86 valence electrons. The summed E-state index contributed by atoms with van der Waals surface area (Å²) in [6, 6.07) is 0. The maximum atomic E-state index is 3.36. The molecule has 0 amide bonds. The number of allylic oxidation sites excluding steroid dienone is 2. The van der Waals surface area contributed by atoms with Crippen LogP contribution in [0.15, 0.2) is 23.5 Å². The summed E-state index contributed by atoms with van der Waals surface area (Å²) in [7, 11) is 0. The third kappa shape index (κ3) is 2.80. The van der Waals surface area contributed by atoms with Gasteiger partial charge < -0.3 is 15.5 Å². The maximum Gasteiger partial charge on any atom is 0.0843 e. The van der Waals surface area contributed by atoms with Crippen molar-refractivity contribution in [2.45, 2.75) is 13.3 Å². The standard InChI is InChI=1S/C13H19N3/c1-2-3-13(5-4-12-10-15-11-12)16-8-6-14-7-9-16/h3,10,14-15H,2,6-9,11H2,1H3/b13-3+. The summed E-state index contributed by atoms with van der Waals surface area (Å²) >= 11 is 0. The fourth-order valence-corrected chi connectivity index (χ4v) is 1.79. The molecule has 2 aliphatic heterocycles. The lowest BCUT2D eigenvalue weighted by Crippen LogP contribution is -2.42. The first-order valence-electron chi connectivity index (χ1n) is 6.00. The Morgan fingerprint density at radius 2 is 2.25 bits per heavy atom. The van der Waals surface area contributed by atoms with Crippen molar-refractivity contribution in [3.63, 3.8) is 0 Å². The molecule has 0 aromatic rings. The second kappa shape index (κ2) is 5.62. The smallest absolute Gasteiger partial charge is 0.0843 e. The lowest BCUT2D eigenvalue weighted by Gasteiger charge is -2.29. The van der Waals surface area contributed by atoms with Crippen LogP contribution in [0.3, 0.4) is 0 Å². The highest BCUT2D eigenvalue weighted by Crippen LogP contribution is 2.07. The molecule has 3 heteroatoms. The van der Waals surface area contributed by atoms with Crippen molar-refractivity contribution in [1.82, 2.24) is 15.5 Å². The molecule has 2 heterocycles. The molecule has 3 nitrogen and oxygen atoms in total. The van der Waals surface area contributed by atoms with Gasteiger partial charge in [-0.3, -0.25) is 0 Å². The number of nitrogens with zero attached hydrogens (tertiary/aromatic N) is 1. The normalized spacial score (nSPS) is 20.2. The molecule has 16 heavy (non-hydrogen) atoms. The molecule has 0 aromatic carbocycles. The van der Waals surface area contributed by atoms with E-state index in [0.717, 1.165) is 39.1 Å². The van der Waals surface area contributed by atoms with E-state index in [0.29, 0.717) is 0 Å². The van der Waals surface area contributed by atoms with Crippen LogP contribution in [0.1, 0.15) is 13.3 Å². The highest BCUT2D eigenvalue weighted by atomic mass is 15.2. The maximum absolute atomic E-state index is 3.36. The number of hydrogen-bond acceptors (Lipinski definition) is 3. The molecule has 2 rings (SSSR count). The van der Waals surface area contributed by atoms with E-state index >= 15 is 0 Å². The Balaban J connectivity index is 2.02. The molecular weight excluding hydrogens is 198 g/mol. The predicted molar refractivity (Wildman–Crippen MR) is 66.7 cm³/mol. The number of piperazine rings is 1. The van der Waals surface area contributed by atoms with Crippen molar-refractivity contribution in [3.8, 4) is 11.8 Å². The van der Waals surface area contributed by atoms with Crippen LogP contribution in [-0.4, -0.2) is 37.6 Å². The van der Waals surface area contributed by atoms with Gasteiger partial charge in [-0.25, -0.2) is 0 Å². The van der Waals surface area contributed by atoms with E-state index in [9.17, 15) is 0 Å². The van der Waals surface area contributed by atoms with E-state index in [1.54, 1.807) is 0 Å². The second-order valence-electron chi connectivity index (χ2n) is 4.04. The summed E-state index contributed by atoms with van der Waals surface area (Å²) in [5.41, 5.74) is 2.40. The summed E-state index contributed by atoms with van der Waals surface area (Å²) in [5.74, 6) is 6.51. The SMILES string of the molecule is CC/C=C(\C#CC1=CNC1)N1CCNCC1. The van der Waals surface area contributed by atoms with Gasteiger partial charge in [-0.05, 0) is 12.3 Å². The first kappa shape index (κ1) is 11.1. The van der Waals surface area contributed by atoms with Crippen molar-refractivity contribution in [1.29, 1.82) is 0 Å². The van der Waals surface area contributed by atoms with Gasteiger partial charge in [0.15, 0.2) is 0 Å². The van der Waals surface area contributed by atoms with Crippen LogP contribution in [-0.2, 0) is 0 Å². The van der Waals surface area contributed by atoms with Crippen molar-refractivity contribution in [2.75, 3.05) is 32.7 Å². The molecule has 0 unspecified atom stereocenters. The summed E-state index contributed by atoms with van der Waals surface area (Å²) in [4.78, 5) is 2.37. The van der Waals surface area contributed by atoms with E-state index in [-0.39, 0.29) is 0 Å². The number of hydrogen-bond donors (Lipinski definition) is 2. The number of rotatable bonds is 2. The minimum absolute atomic E-state index is 0.925. The zero-order valence-corrected chi connectivity index (χ0v) is 9.84. The van der Waals surface area contributed by atoms with Crippen LogP contribution in [0.4, 0.5) is 0 Å². The molecule has 0 bridgehead atoms. The third-order valence-electron chi connectivity index (χ3n) is 2.78. The fraction of sp³-hybridized carbons (Fsp3) is 0.538. The molecule has 1 fully saturated rings. The Bertz CT molecular complexity index is 351. The molecule has 0 aliphatic carbocycles. The Hall–Kier alpha value is -1.40. The lowest BCUT2D eigenvalue weighted by molar-refractivity contribution is 0.309. The monoisotopic (exact) mass is 217 g/mol. The minimum Gasteiger partial charge on any atom is -0.385 e. The average molecular weight is 217 g/mol. The first-order chi connectivity index (χ1) is 7.90. The molecular formula is C13H19N3. The topological polar surface area (TPSA) is 27.3 Å². The van der Waals surface area contributed by atoms with Crippen molar-refractivity contribution < 1.29 is 0 Å². The van der Waals surface area contributed by atoms with Crippen LogP contribution >= 0.6 is 0 Å². The van der Waals surface area contributed by atoms with Gasteiger partial charge in [-0.2, -0.15) is 0 Å². The second-order valence-corrected chi connectivity index (χ2v) is 4.04. The molecule has 0 aromatic heterocycles. The van der Waals surface area contributed by atoms with Crippen LogP contribution in [0, 0.1) is 11.8 Å². The van der Waals surface area contributed by atoms with E-state index < -0.39 is 0 Å². The zero-order chi connectivity index (χ0) is 11.2. The van der Waals surface area contributed by atoms with E-state index in [1.165, 1.54) is 11.3 Å². The van der Waals surface area contributed by atoms with E-state index in [2.05, 4.69) is 40.4 Å². The van der Waals surface area contributed by atoms with Crippen molar-refractivity contribution in [2.24, 2.45) is 0 Å².